The molecule has 0 spiro atoms. The van der Waals surface area contributed by atoms with Crippen molar-refractivity contribution >= 4 is 11.7 Å². The van der Waals surface area contributed by atoms with Crippen LogP contribution in [-0.2, 0) is 17.8 Å². The van der Waals surface area contributed by atoms with E-state index in [4.69, 9.17) is 5.73 Å². The summed E-state index contributed by atoms with van der Waals surface area (Å²) in [6.07, 6.45) is 7.14. The summed E-state index contributed by atoms with van der Waals surface area (Å²) in [6.45, 7) is 4.74. The number of hydrogen-bond acceptors (Lipinski definition) is 4. The largest absolute Gasteiger partial charge is 0.320 e. The number of pyridine rings is 1. The lowest BCUT2D eigenvalue weighted by Crippen LogP contribution is -2.40. The lowest BCUT2D eigenvalue weighted by Gasteiger charge is -2.16. The molecule has 0 fully saturated rings. The second kappa shape index (κ2) is 7.70. The molecule has 2 aromatic rings. The molecule has 2 rings (SSSR count). The van der Waals surface area contributed by atoms with Crippen LogP contribution in [0.25, 0.3) is 0 Å². The predicted molar refractivity (Wildman–Crippen MR) is 86.2 cm³/mol. The number of rotatable bonds is 7. The molecule has 0 aliphatic rings. The van der Waals surface area contributed by atoms with Crippen molar-refractivity contribution in [3.05, 3.63) is 42.4 Å². The molecule has 118 valence electrons. The Hall–Kier alpha value is -2.21. The second-order valence-electron chi connectivity index (χ2n) is 5.47. The normalized spacial score (nSPS) is 13.6. The van der Waals surface area contributed by atoms with Crippen LogP contribution in [0.5, 0.6) is 0 Å². The van der Waals surface area contributed by atoms with E-state index in [1.807, 2.05) is 36.9 Å². The Labute approximate surface area is 130 Å². The van der Waals surface area contributed by atoms with Gasteiger partial charge in [-0.2, -0.15) is 5.10 Å². The number of nitrogens with zero attached hydrogens (tertiary/aromatic N) is 3. The number of carbonyl (C=O) groups is 1. The SMILES string of the molecule is CCC(C)C(N)C(=O)Nc1ccn(CCc2ccncc2)n1. The van der Waals surface area contributed by atoms with Crippen molar-refractivity contribution in [1.29, 1.82) is 0 Å². The summed E-state index contributed by atoms with van der Waals surface area (Å²) in [5.74, 6) is 0.501. The maximum Gasteiger partial charge on any atom is 0.242 e. The molecule has 2 unspecified atom stereocenters. The van der Waals surface area contributed by atoms with Gasteiger partial charge < -0.3 is 11.1 Å². The lowest BCUT2D eigenvalue weighted by molar-refractivity contribution is -0.118. The fourth-order valence-corrected chi connectivity index (χ4v) is 2.07. The lowest BCUT2D eigenvalue weighted by atomic mass is 9.99. The Morgan fingerprint density at radius 2 is 2.09 bits per heavy atom. The minimum absolute atomic E-state index is 0.147. The van der Waals surface area contributed by atoms with Gasteiger partial charge in [0.1, 0.15) is 0 Å². The highest BCUT2D eigenvalue weighted by atomic mass is 16.2. The Morgan fingerprint density at radius 1 is 1.36 bits per heavy atom. The van der Waals surface area contributed by atoms with Gasteiger partial charge in [0.05, 0.1) is 6.04 Å². The average Bonchev–Trinajstić information content (AvgIpc) is 2.99. The van der Waals surface area contributed by atoms with Gasteiger partial charge in [0.25, 0.3) is 0 Å². The monoisotopic (exact) mass is 301 g/mol. The Balaban J connectivity index is 1.87. The van der Waals surface area contributed by atoms with Crippen LogP contribution in [-0.4, -0.2) is 26.7 Å². The summed E-state index contributed by atoms with van der Waals surface area (Å²) in [4.78, 5) is 16.0. The van der Waals surface area contributed by atoms with Crippen LogP contribution in [0.3, 0.4) is 0 Å². The van der Waals surface area contributed by atoms with E-state index in [0.29, 0.717) is 5.82 Å². The van der Waals surface area contributed by atoms with Crippen LogP contribution in [0.4, 0.5) is 5.82 Å². The first-order valence-electron chi connectivity index (χ1n) is 7.59. The van der Waals surface area contributed by atoms with Crippen molar-refractivity contribution in [2.45, 2.75) is 39.3 Å². The van der Waals surface area contributed by atoms with E-state index in [0.717, 1.165) is 19.4 Å². The third kappa shape index (κ3) is 4.39. The Morgan fingerprint density at radius 3 is 2.77 bits per heavy atom. The van der Waals surface area contributed by atoms with Gasteiger partial charge in [-0.05, 0) is 30.0 Å². The molecule has 2 atom stereocenters. The molecule has 0 saturated carbocycles. The molecule has 2 heterocycles. The van der Waals surface area contributed by atoms with Crippen LogP contribution < -0.4 is 11.1 Å². The molecule has 0 bridgehead atoms. The number of nitrogens with two attached hydrogens (primary N) is 1. The number of carbonyl (C=O) groups excluding carboxylic acids is 1. The van der Waals surface area contributed by atoms with E-state index in [1.54, 1.807) is 18.5 Å². The maximum atomic E-state index is 12.0. The second-order valence-corrected chi connectivity index (χ2v) is 5.47. The van der Waals surface area contributed by atoms with Crippen LogP contribution >= 0.6 is 0 Å². The first-order chi connectivity index (χ1) is 10.6. The van der Waals surface area contributed by atoms with Crippen LogP contribution in [0.15, 0.2) is 36.8 Å². The van der Waals surface area contributed by atoms with Gasteiger partial charge in [-0.15, -0.1) is 0 Å². The summed E-state index contributed by atoms with van der Waals surface area (Å²) >= 11 is 0. The predicted octanol–water partition coefficient (Wildman–Crippen LogP) is 1.83. The van der Waals surface area contributed by atoms with E-state index >= 15 is 0 Å². The van der Waals surface area contributed by atoms with Gasteiger partial charge in [-0.3, -0.25) is 14.5 Å². The molecule has 6 nitrogen and oxygen atoms in total. The molecule has 2 aromatic heterocycles. The molecule has 22 heavy (non-hydrogen) atoms. The Kier molecular flexibility index (Phi) is 5.66. The average molecular weight is 301 g/mol. The first-order valence-corrected chi connectivity index (χ1v) is 7.59. The smallest absolute Gasteiger partial charge is 0.242 e. The molecule has 0 radical (unpaired) electrons. The van der Waals surface area contributed by atoms with Gasteiger partial charge in [-0.1, -0.05) is 20.3 Å². The molecular weight excluding hydrogens is 278 g/mol. The van der Waals surface area contributed by atoms with Crippen LogP contribution in [0.2, 0.25) is 0 Å². The van der Waals surface area contributed by atoms with E-state index in [2.05, 4.69) is 15.4 Å². The molecule has 0 aromatic carbocycles. The van der Waals surface area contributed by atoms with E-state index in [1.165, 1.54) is 5.56 Å². The fourth-order valence-electron chi connectivity index (χ4n) is 2.07. The highest BCUT2D eigenvalue weighted by Gasteiger charge is 2.19. The first kappa shape index (κ1) is 16.2. The Bertz CT molecular complexity index is 596. The molecule has 0 aliphatic carbocycles. The number of amides is 1. The van der Waals surface area contributed by atoms with Crippen LogP contribution in [0.1, 0.15) is 25.8 Å². The summed E-state index contributed by atoms with van der Waals surface area (Å²) in [6, 6.07) is 5.25. The molecular formula is C16H23N5O. The maximum absolute atomic E-state index is 12.0. The molecule has 0 saturated heterocycles. The minimum Gasteiger partial charge on any atom is -0.320 e. The van der Waals surface area contributed by atoms with Crippen molar-refractivity contribution in [3.8, 4) is 0 Å². The zero-order valence-electron chi connectivity index (χ0n) is 13.1. The number of nitrogens with one attached hydrogen (secondary N) is 1. The van der Waals surface area contributed by atoms with Crippen molar-refractivity contribution in [2.75, 3.05) is 5.32 Å². The van der Waals surface area contributed by atoms with Gasteiger partial charge in [0.15, 0.2) is 5.82 Å². The summed E-state index contributed by atoms with van der Waals surface area (Å²) in [5.41, 5.74) is 7.11. The van der Waals surface area contributed by atoms with Gasteiger partial charge >= 0.3 is 0 Å². The van der Waals surface area contributed by atoms with Crippen molar-refractivity contribution in [3.63, 3.8) is 0 Å². The third-order valence-electron chi connectivity index (χ3n) is 3.83. The van der Waals surface area contributed by atoms with E-state index in [9.17, 15) is 4.79 Å². The number of aromatic nitrogens is 3. The fraction of sp³-hybridized carbons (Fsp3) is 0.438. The zero-order chi connectivity index (χ0) is 15.9. The summed E-state index contributed by atoms with van der Waals surface area (Å²) in [5, 5.41) is 7.12. The van der Waals surface area contributed by atoms with Crippen LogP contribution in [0, 0.1) is 5.92 Å². The standard InChI is InChI=1S/C16H23N5O/c1-3-12(2)15(17)16(22)19-14-7-11-21(20-14)10-6-13-4-8-18-9-5-13/h4-5,7-9,11-12,15H,3,6,10,17H2,1-2H3,(H,19,20,22). The summed E-state index contributed by atoms with van der Waals surface area (Å²) < 4.78 is 1.81. The van der Waals surface area contributed by atoms with Crippen molar-refractivity contribution < 1.29 is 4.79 Å². The minimum atomic E-state index is -0.507. The third-order valence-corrected chi connectivity index (χ3v) is 3.83. The number of aryl methyl sites for hydroxylation is 2. The quantitative estimate of drug-likeness (QED) is 0.817. The summed E-state index contributed by atoms with van der Waals surface area (Å²) in [7, 11) is 0. The van der Waals surface area contributed by atoms with E-state index < -0.39 is 6.04 Å². The number of hydrogen-bond donors (Lipinski definition) is 2. The zero-order valence-corrected chi connectivity index (χ0v) is 13.1. The molecule has 6 heteroatoms. The van der Waals surface area contributed by atoms with Gasteiger partial charge in [0, 0.05) is 31.2 Å². The molecule has 3 N–H and O–H groups in total. The van der Waals surface area contributed by atoms with Crippen molar-refractivity contribution in [1.82, 2.24) is 14.8 Å². The van der Waals surface area contributed by atoms with Crippen molar-refractivity contribution in [2.24, 2.45) is 11.7 Å². The van der Waals surface area contributed by atoms with Gasteiger partial charge in [-0.25, -0.2) is 0 Å². The topological polar surface area (TPSA) is 85.8 Å². The number of anilines is 1. The van der Waals surface area contributed by atoms with E-state index in [-0.39, 0.29) is 11.8 Å². The molecule has 0 aliphatic heterocycles. The highest BCUT2D eigenvalue weighted by molar-refractivity contribution is 5.94. The highest BCUT2D eigenvalue weighted by Crippen LogP contribution is 2.09. The molecule has 1 amide bonds. The van der Waals surface area contributed by atoms with Gasteiger partial charge in [0.2, 0.25) is 5.91 Å².